The first-order valence-electron chi connectivity index (χ1n) is 13.6. The zero-order chi connectivity index (χ0) is 26.8. The highest BCUT2D eigenvalue weighted by molar-refractivity contribution is 5.86. The number of carbonyl (C=O) groups excluding carboxylic acids is 3. The first-order valence-corrected chi connectivity index (χ1v) is 13.6. The van der Waals surface area contributed by atoms with Crippen molar-refractivity contribution in [1.82, 2.24) is 10.6 Å². The van der Waals surface area contributed by atoms with Crippen molar-refractivity contribution in [3.05, 3.63) is 83.9 Å². The minimum absolute atomic E-state index is 0.0101. The van der Waals surface area contributed by atoms with Crippen LogP contribution in [0.2, 0.25) is 0 Å². The van der Waals surface area contributed by atoms with Crippen LogP contribution in [0.3, 0.4) is 0 Å². The predicted molar refractivity (Wildman–Crippen MR) is 145 cm³/mol. The summed E-state index contributed by atoms with van der Waals surface area (Å²) in [5.74, 6) is -1.73. The number of ether oxygens (including phenoxy) is 1. The van der Waals surface area contributed by atoms with Gasteiger partial charge in [-0.1, -0.05) is 85.7 Å². The van der Waals surface area contributed by atoms with Gasteiger partial charge in [-0.25, -0.2) is 0 Å². The van der Waals surface area contributed by atoms with E-state index in [4.69, 9.17) is 4.74 Å². The topological polar surface area (TPSA) is 105 Å². The SMILES string of the molecule is O=C(C[C@H]1CC=CC[C@H](Cc2ccccc2)C(=O)OC[C@H](c2ccccc2)NC1=O)NC1(CO)CCCC1. The number of hydrogen-bond acceptors (Lipinski definition) is 5. The molecule has 3 atom stereocenters. The molecule has 2 aliphatic rings. The van der Waals surface area contributed by atoms with E-state index >= 15 is 0 Å². The van der Waals surface area contributed by atoms with Gasteiger partial charge in [-0.2, -0.15) is 0 Å². The number of aliphatic hydroxyl groups is 1. The molecule has 1 heterocycles. The first kappa shape index (κ1) is 27.6. The van der Waals surface area contributed by atoms with Gasteiger partial charge in [0.15, 0.2) is 0 Å². The molecule has 2 amide bonds. The van der Waals surface area contributed by atoms with Crippen LogP contribution < -0.4 is 10.6 Å². The van der Waals surface area contributed by atoms with Crippen LogP contribution in [0.5, 0.6) is 0 Å². The van der Waals surface area contributed by atoms with Gasteiger partial charge in [0, 0.05) is 6.42 Å². The number of benzene rings is 2. The van der Waals surface area contributed by atoms with Crippen LogP contribution in [0.15, 0.2) is 72.8 Å². The summed E-state index contributed by atoms with van der Waals surface area (Å²) in [6, 6.07) is 18.7. The van der Waals surface area contributed by atoms with Gasteiger partial charge in [0.1, 0.15) is 6.61 Å². The number of hydrogen-bond donors (Lipinski definition) is 3. The number of carbonyl (C=O) groups is 3. The molecule has 1 aliphatic heterocycles. The van der Waals surface area contributed by atoms with E-state index in [1.54, 1.807) is 0 Å². The van der Waals surface area contributed by atoms with E-state index in [0.717, 1.165) is 36.8 Å². The van der Waals surface area contributed by atoms with Gasteiger partial charge >= 0.3 is 5.97 Å². The van der Waals surface area contributed by atoms with Crippen LogP contribution in [0, 0.1) is 11.8 Å². The largest absolute Gasteiger partial charge is 0.463 e. The van der Waals surface area contributed by atoms with Crippen molar-refractivity contribution < 1.29 is 24.2 Å². The van der Waals surface area contributed by atoms with E-state index in [2.05, 4.69) is 10.6 Å². The number of amides is 2. The summed E-state index contributed by atoms with van der Waals surface area (Å²) in [5.41, 5.74) is 1.30. The summed E-state index contributed by atoms with van der Waals surface area (Å²) < 4.78 is 5.75. The molecule has 7 heteroatoms. The van der Waals surface area contributed by atoms with Crippen LogP contribution >= 0.6 is 0 Å². The molecule has 1 fully saturated rings. The van der Waals surface area contributed by atoms with E-state index in [0.29, 0.717) is 19.3 Å². The van der Waals surface area contributed by atoms with E-state index in [1.807, 2.05) is 72.8 Å². The number of aliphatic hydroxyl groups excluding tert-OH is 1. The molecule has 0 radical (unpaired) electrons. The molecule has 1 saturated carbocycles. The Kier molecular flexibility index (Phi) is 9.71. The normalized spacial score (nSPS) is 24.0. The van der Waals surface area contributed by atoms with Gasteiger partial charge in [-0.15, -0.1) is 0 Å². The second-order valence-electron chi connectivity index (χ2n) is 10.5. The van der Waals surface area contributed by atoms with E-state index in [1.165, 1.54) is 0 Å². The minimum atomic E-state index is -0.586. The highest BCUT2D eigenvalue weighted by Gasteiger charge is 2.36. The van der Waals surface area contributed by atoms with Crippen molar-refractivity contribution >= 4 is 17.8 Å². The molecule has 0 unspecified atom stereocenters. The summed E-state index contributed by atoms with van der Waals surface area (Å²) in [4.78, 5) is 39.5. The lowest BCUT2D eigenvalue weighted by molar-refractivity contribution is -0.150. The van der Waals surface area contributed by atoms with Crippen LogP contribution in [0.25, 0.3) is 0 Å². The fraction of sp³-hybridized carbons (Fsp3) is 0.452. The number of cyclic esters (lactones) is 1. The maximum atomic E-state index is 13.4. The third-order valence-corrected chi connectivity index (χ3v) is 7.65. The van der Waals surface area contributed by atoms with Crippen molar-refractivity contribution in [1.29, 1.82) is 0 Å². The summed E-state index contributed by atoms with van der Waals surface area (Å²) in [5, 5.41) is 15.9. The molecule has 0 aromatic heterocycles. The third kappa shape index (κ3) is 7.54. The van der Waals surface area contributed by atoms with Crippen LogP contribution in [-0.2, 0) is 25.5 Å². The lowest BCUT2D eigenvalue weighted by atomic mass is 9.93. The van der Waals surface area contributed by atoms with Crippen molar-refractivity contribution in [2.24, 2.45) is 11.8 Å². The number of esters is 1. The molecule has 7 nitrogen and oxygen atoms in total. The molecule has 0 saturated heterocycles. The molecule has 0 bridgehead atoms. The molecule has 202 valence electrons. The number of nitrogens with one attached hydrogen (secondary N) is 2. The first-order chi connectivity index (χ1) is 18.5. The fourth-order valence-electron chi connectivity index (χ4n) is 5.39. The molecule has 2 aromatic carbocycles. The quantitative estimate of drug-likeness (QED) is 0.379. The van der Waals surface area contributed by atoms with Crippen LogP contribution in [-0.4, -0.2) is 41.6 Å². The van der Waals surface area contributed by atoms with Crippen molar-refractivity contribution in [3.8, 4) is 0 Å². The Labute approximate surface area is 224 Å². The molecule has 4 rings (SSSR count). The Balaban J connectivity index is 1.53. The summed E-state index contributed by atoms with van der Waals surface area (Å²) in [6.45, 7) is -0.0874. The van der Waals surface area contributed by atoms with Gasteiger partial charge in [0.2, 0.25) is 11.8 Å². The zero-order valence-electron chi connectivity index (χ0n) is 21.8. The Morgan fingerprint density at radius 2 is 1.58 bits per heavy atom. The second-order valence-corrected chi connectivity index (χ2v) is 10.5. The summed E-state index contributed by atoms with van der Waals surface area (Å²) >= 11 is 0. The zero-order valence-corrected chi connectivity index (χ0v) is 21.8. The van der Waals surface area contributed by atoms with Gasteiger partial charge in [-0.05, 0) is 43.2 Å². The van der Waals surface area contributed by atoms with E-state index in [9.17, 15) is 19.5 Å². The Morgan fingerprint density at radius 3 is 2.24 bits per heavy atom. The predicted octanol–water partition coefficient (Wildman–Crippen LogP) is 4.02. The lowest BCUT2D eigenvalue weighted by Gasteiger charge is -2.29. The molecular formula is C31H38N2O5. The van der Waals surface area contributed by atoms with Crippen molar-refractivity contribution in [2.75, 3.05) is 13.2 Å². The Bertz CT molecular complexity index is 1100. The average Bonchev–Trinajstić information content (AvgIpc) is 3.40. The highest BCUT2D eigenvalue weighted by atomic mass is 16.5. The standard InChI is InChI=1S/C31H38N2O5/c34-22-31(17-9-10-18-31)33-28(35)20-25-15-7-8-16-26(19-23-11-3-1-4-12-23)30(37)38-21-27(32-29(25)36)24-13-5-2-6-14-24/h1-8,11-14,25-27,34H,9-10,15-22H2,(H,32,36)(H,33,35)/t25-,26-,27-/m1/s1. The summed E-state index contributed by atoms with van der Waals surface area (Å²) in [6.07, 6.45) is 8.66. The summed E-state index contributed by atoms with van der Waals surface area (Å²) in [7, 11) is 0. The Morgan fingerprint density at radius 1 is 0.947 bits per heavy atom. The lowest BCUT2D eigenvalue weighted by Crippen LogP contribution is -2.50. The molecule has 1 aliphatic carbocycles. The van der Waals surface area contributed by atoms with Gasteiger partial charge in [0.05, 0.1) is 30.0 Å². The smallest absolute Gasteiger partial charge is 0.309 e. The van der Waals surface area contributed by atoms with E-state index < -0.39 is 17.5 Å². The maximum absolute atomic E-state index is 13.4. The van der Waals surface area contributed by atoms with E-state index in [-0.39, 0.29) is 43.3 Å². The fourth-order valence-corrected chi connectivity index (χ4v) is 5.39. The molecule has 2 aromatic rings. The van der Waals surface area contributed by atoms with Gasteiger partial charge in [-0.3, -0.25) is 14.4 Å². The van der Waals surface area contributed by atoms with Crippen LogP contribution in [0.4, 0.5) is 0 Å². The molecular weight excluding hydrogens is 480 g/mol. The van der Waals surface area contributed by atoms with Gasteiger partial charge in [0.25, 0.3) is 0 Å². The number of allylic oxidation sites excluding steroid dienone is 2. The highest BCUT2D eigenvalue weighted by Crippen LogP contribution is 2.29. The second kappa shape index (κ2) is 13.4. The molecule has 0 spiro atoms. The van der Waals surface area contributed by atoms with Gasteiger partial charge < -0.3 is 20.5 Å². The van der Waals surface area contributed by atoms with Crippen molar-refractivity contribution in [2.45, 2.75) is 62.9 Å². The number of rotatable bonds is 7. The maximum Gasteiger partial charge on any atom is 0.309 e. The average molecular weight is 519 g/mol. The van der Waals surface area contributed by atoms with Crippen LogP contribution in [0.1, 0.15) is 62.1 Å². The molecule has 38 heavy (non-hydrogen) atoms. The third-order valence-electron chi connectivity index (χ3n) is 7.65. The monoisotopic (exact) mass is 518 g/mol. The minimum Gasteiger partial charge on any atom is -0.463 e. The molecule has 3 N–H and O–H groups in total. The Hall–Kier alpha value is -3.45. The van der Waals surface area contributed by atoms with Crippen molar-refractivity contribution in [3.63, 3.8) is 0 Å².